The maximum Gasteiger partial charge on any atom is 0.249 e. The zero-order valence-electron chi connectivity index (χ0n) is 16.3. The monoisotopic (exact) mass is 427 g/mol. The van der Waals surface area contributed by atoms with E-state index in [2.05, 4.69) is 16.4 Å². The van der Waals surface area contributed by atoms with Gasteiger partial charge in [-0.25, -0.2) is 9.97 Å². The summed E-state index contributed by atoms with van der Waals surface area (Å²) in [6.07, 6.45) is 0.232. The van der Waals surface area contributed by atoms with Crippen LogP contribution in [0.2, 0.25) is 5.02 Å². The highest BCUT2D eigenvalue weighted by Crippen LogP contribution is 2.39. The normalized spacial score (nSPS) is 12.5. The molecule has 0 saturated carbocycles. The van der Waals surface area contributed by atoms with Gasteiger partial charge in [0.15, 0.2) is 5.65 Å². The molecule has 1 aliphatic rings. The van der Waals surface area contributed by atoms with Crippen LogP contribution in [0, 0.1) is 18.3 Å². The second-order valence-electron chi connectivity index (χ2n) is 7.28. The molecule has 0 fully saturated rings. The third kappa shape index (κ3) is 3.14. The van der Waals surface area contributed by atoms with Gasteiger partial charge in [-0.2, -0.15) is 5.26 Å². The first-order valence-electron chi connectivity index (χ1n) is 9.48. The molecule has 1 aliphatic heterocycles. The van der Waals surface area contributed by atoms with Crippen molar-refractivity contribution in [1.29, 1.82) is 5.26 Å². The van der Waals surface area contributed by atoms with Crippen LogP contribution >= 0.6 is 11.6 Å². The molecule has 1 amide bonds. The number of nitriles is 1. The molecular formula is C23H14ClN5O2. The fourth-order valence-corrected chi connectivity index (χ4v) is 4.09. The number of nitrogens with zero attached hydrogens (tertiary/aromatic N) is 3. The molecule has 31 heavy (non-hydrogen) atoms. The molecule has 0 spiro atoms. The Morgan fingerprint density at radius 3 is 2.74 bits per heavy atom. The lowest BCUT2D eigenvalue weighted by Gasteiger charge is -2.14. The van der Waals surface area contributed by atoms with Crippen molar-refractivity contribution in [3.63, 3.8) is 0 Å². The summed E-state index contributed by atoms with van der Waals surface area (Å²) in [6.45, 7) is 1.84. The van der Waals surface area contributed by atoms with Crippen LogP contribution in [-0.2, 0) is 11.2 Å². The zero-order chi connectivity index (χ0) is 21.7. The fourth-order valence-electron chi connectivity index (χ4n) is 3.81. The Labute approximate surface area is 181 Å². The van der Waals surface area contributed by atoms with Gasteiger partial charge in [-0.15, -0.1) is 0 Å². The number of hydrogen-bond donors (Lipinski definition) is 2. The van der Waals surface area contributed by atoms with Gasteiger partial charge in [0.05, 0.1) is 40.2 Å². The third-order valence-corrected chi connectivity index (χ3v) is 5.63. The minimum Gasteiger partial charge on any atom is -0.324 e. The largest absolute Gasteiger partial charge is 0.324 e. The predicted molar refractivity (Wildman–Crippen MR) is 118 cm³/mol. The first-order chi connectivity index (χ1) is 14.9. The van der Waals surface area contributed by atoms with Crippen molar-refractivity contribution >= 4 is 34.4 Å². The van der Waals surface area contributed by atoms with Crippen molar-refractivity contribution in [3.05, 3.63) is 74.5 Å². The summed E-state index contributed by atoms with van der Waals surface area (Å²) < 4.78 is 0. The van der Waals surface area contributed by atoms with Gasteiger partial charge in [0.1, 0.15) is 5.52 Å². The molecule has 0 atom stereocenters. The molecule has 0 unspecified atom stereocenters. The molecule has 2 N–H and O–H groups in total. The van der Waals surface area contributed by atoms with Gasteiger partial charge in [0.25, 0.3) is 0 Å². The van der Waals surface area contributed by atoms with Crippen molar-refractivity contribution in [2.45, 2.75) is 13.3 Å². The summed E-state index contributed by atoms with van der Waals surface area (Å²) in [7, 11) is 0. The average molecular weight is 428 g/mol. The summed E-state index contributed by atoms with van der Waals surface area (Å²) in [5.41, 5.74) is 5.71. The van der Waals surface area contributed by atoms with Crippen LogP contribution in [0.15, 0.2) is 47.3 Å². The molecule has 2 aromatic heterocycles. The van der Waals surface area contributed by atoms with Gasteiger partial charge in [0.2, 0.25) is 11.5 Å². The summed E-state index contributed by atoms with van der Waals surface area (Å²) in [4.78, 5) is 35.9. The summed E-state index contributed by atoms with van der Waals surface area (Å²) in [5.74, 6) is -0.117. The molecule has 0 saturated heterocycles. The second kappa shape index (κ2) is 7.04. The van der Waals surface area contributed by atoms with E-state index in [4.69, 9.17) is 21.6 Å². The van der Waals surface area contributed by atoms with Crippen molar-refractivity contribution < 1.29 is 4.79 Å². The van der Waals surface area contributed by atoms with E-state index < -0.39 is 0 Å². The number of H-pyrrole nitrogens is 1. The number of aromatic amines is 1. The Balaban J connectivity index is 1.84. The molecule has 7 nitrogen and oxygen atoms in total. The lowest BCUT2D eigenvalue weighted by Crippen LogP contribution is -2.06. The number of carbonyl (C=O) groups excluding carboxylic acids is 1. The standard InChI is InChI=1S/C23H14ClN5O2/c1-11-12(10-25)3-2-4-15(11)22-21(26-17-5-6-18(30)28-23(17)29-22)13-7-14-9-19(31)27-20(14)16(24)8-13/h2-8H,9H2,1H3,(H,27,31)(H,28,29,30). The van der Waals surface area contributed by atoms with E-state index in [-0.39, 0.29) is 17.9 Å². The number of benzene rings is 2. The van der Waals surface area contributed by atoms with Gasteiger partial charge in [-0.05, 0) is 42.3 Å². The molecular weight excluding hydrogens is 414 g/mol. The molecule has 2 aromatic carbocycles. The van der Waals surface area contributed by atoms with E-state index in [1.807, 2.05) is 19.1 Å². The molecule has 4 aromatic rings. The number of carbonyl (C=O) groups is 1. The van der Waals surface area contributed by atoms with Crippen LogP contribution in [0.4, 0.5) is 5.69 Å². The van der Waals surface area contributed by atoms with Crippen LogP contribution < -0.4 is 10.9 Å². The van der Waals surface area contributed by atoms with Crippen molar-refractivity contribution in [2.75, 3.05) is 5.32 Å². The number of amides is 1. The van der Waals surface area contributed by atoms with Gasteiger partial charge < -0.3 is 10.3 Å². The molecule has 5 rings (SSSR count). The van der Waals surface area contributed by atoms with Crippen LogP contribution in [0.1, 0.15) is 16.7 Å². The quantitative estimate of drug-likeness (QED) is 0.502. The van der Waals surface area contributed by atoms with Crippen LogP contribution in [0.3, 0.4) is 0 Å². The van der Waals surface area contributed by atoms with Crippen molar-refractivity contribution in [2.24, 2.45) is 0 Å². The van der Waals surface area contributed by atoms with Crippen LogP contribution in [0.5, 0.6) is 0 Å². The zero-order valence-corrected chi connectivity index (χ0v) is 17.0. The highest BCUT2D eigenvalue weighted by Gasteiger charge is 2.24. The first-order valence-corrected chi connectivity index (χ1v) is 9.86. The molecule has 0 radical (unpaired) electrons. The Morgan fingerprint density at radius 2 is 1.94 bits per heavy atom. The molecule has 150 valence electrons. The number of halogens is 1. The molecule has 0 bridgehead atoms. The van der Waals surface area contributed by atoms with E-state index in [0.717, 1.165) is 16.7 Å². The molecule has 3 heterocycles. The Bertz CT molecular complexity index is 1520. The second-order valence-corrected chi connectivity index (χ2v) is 7.69. The van der Waals surface area contributed by atoms with Crippen molar-refractivity contribution in [1.82, 2.24) is 15.0 Å². The number of fused-ring (bicyclic) bond motifs is 2. The van der Waals surface area contributed by atoms with E-state index in [1.54, 1.807) is 24.3 Å². The summed E-state index contributed by atoms with van der Waals surface area (Å²) >= 11 is 6.45. The fraction of sp³-hybridized carbons (Fsp3) is 0.0870. The number of pyridine rings is 1. The summed E-state index contributed by atoms with van der Waals surface area (Å²) in [6, 6.07) is 14.2. The number of rotatable bonds is 2. The van der Waals surface area contributed by atoms with Gasteiger partial charge in [0, 0.05) is 17.2 Å². The lowest BCUT2D eigenvalue weighted by atomic mass is 9.96. The van der Waals surface area contributed by atoms with Crippen molar-refractivity contribution in [3.8, 4) is 28.6 Å². The van der Waals surface area contributed by atoms with Gasteiger partial charge in [-0.3, -0.25) is 9.59 Å². The van der Waals surface area contributed by atoms with Gasteiger partial charge in [-0.1, -0.05) is 23.7 Å². The van der Waals surface area contributed by atoms with E-state index in [0.29, 0.717) is 44.4 Å². The highest BCUT2D eigenvalue weighted by molar-refractivity contribution is 6.34. The van der Waals surface area contributed by atoms with Gasteiger partial charge >= 0.3 is 0 Å². The number of nitrogens with one attached hydrogen (secondary N) is 2. The molecule has 8 heteroatoms. The van der Waals surface area contributed by atoms with E-state index in [9.17, 15) is 14.9 Å². The van der Waals surface area contributed by atoms with E-state index >= 15 is 0 Å². The Morgan fingerprint density at radius 1 is 1.10 bits per heavy atom. The predicted octanol–water partition coefficient (Wildman–Crippen LogP) is 3.98. The SMILES string of the molecule is Cc1c(C#N)cccc1-c1nc2[nH]c(=O)ccc2nc1-c1cc(Cl)c2c(c1)CC(=O)N2. The Hall–Kier alpha value is -4.02. The minimum atomic E-state index is -0.284. The van der Waals surface area contributed by atoms with E-state index in [1.165, 1.54) is 6.07 Å². The Kier molecular flexibility index (Phi) is 4.31. The van der Waals surface area contributed by atoms with Crippen LogP contribution in [0.25, 0.3) is 33.7 Å². The topological polar surface area (TPSA) is 112 Å². The maximum absolute atomic E-state index is 11.8. The molecule has 0 aliphatic carbocycles. The minimum absolute atomic E-state index is 0.117. The highest BCUT2D eigenvalue weighted by atomic mass is 35.5. The number of aromatic nitrogens is 3. The lowest BCUT2D eigenvalue weighted by molar-refractivity contribution is -0.115. The third-order valence-electron chi connectivity index (χ3n) is 5.33. The number of hydrogen-bond acceptors (Lipinski definition) is 5. The summed E-state index contributed by atoms with van der Waals surface area (Å²) in [5, 5.41) is 12.6. The number of anilines is 1. The first kappa shape index (κ1) is 19.0. The maximum atomic E-state index is 11.8. The smallest absolute Gasteiger partial charge is 0.249 e. The average Bonchev–Trinajstić information content (AvgIpc) is 3.14. The van der Waals surface area contributed by atoms with Crippen LogP contribution in [-0.4, -0.2) is 20.9 Å².